The van der Waals surface area contributed by atoms with E-state index < -0.39 is 0 Å². The van der Waals surface area contributed by atoms with Gasteiger partial charge in [0.2, 0.25) is 0 Å². The number of ether oxygens (including phenoxy) is 2. The Morgan fingerprint density at radius 2 is 1.42 bits per heavy atom. The number of nitrogens with one attached hydrogen (secondary N) is 3. The Morgan fingerprint density at radius 3 is 2.06 bits per heavy atom. The van der Waals surface area contributed by atoms with Crippen molar-refractivity contribution in [3.8, 4) is 11.5 Å². The Morgan fingerprint density at radius 1 is 0.806 bits per heavy atom. The van der Waals surface area contributed by atoms with Crippen LogP contribution in [0.4, 0.5) is 0 Å². The number of methoxy groups -OCH3 is 2. The maximum atomic E-state index is 5.38. The maximum Gasteiger partial charge on any atom is 0.200 e. The van der Waals surface area contributed by atoms with Crippen LogP contribution in [0, 0.1) is 0 Å². The lowest BCUT2D eigenvalue weighted by Gasteiger charge is -2.36. The van der Waals surface area contributed by atoms with Gasteiger partial charge in [-0.2, -0.15) is 0 Å². The summed E-state index contributed by atoms with van der Waals surface area (Å²) in [5, 5.41) is 10.0. The first kappa shape index (κ1) is 24.8. The topological polar surface area (TPSA) is 79.3 Å². The minimum Gasteiger partial charge on any atom is -0.493 e. The first-order chi connectivity index (χ1) is 15.0. The molecule has 0 bridgehead atoms. The van der Waals surface area contributed by atoms with Gasteiger partial charge in [0.15, 0.2) is 23.4 Å². The molecule has 0 amide bonds. The number of nitrogens with zero attached hydrogens (tertiary/aromatic N) is 2. The lowest BCUT2D eigenvalue weighted by molar-refractivity contribution is 0.354. The molecule has 174 valence electrons. The van der Waals surface area contributed by atoms with Gasteiger partial charge in [0.25, 0.3) is 0 Å². The van der Waals surface area contributed by atoms with Crippen molar-refractivity contribution >= 4 is 11.9 Å². The Kier molecular flexibility index (Phi) is 10.5. The molecule has 1 aliphatic rings. The summed E-state index contributed by atoms with van der Waals surface area (Å²) in [5.41, 5.74) is 0.724. The predicted octanol–water partition coefficient (Wildman–Crippen LogP) is 4.58. The highest BCUT2D eigenvalue weighted by atomic mass is 16.5. The Labute approximate surface area is 188 Å². The molecule has 1 aromatic rings. The average molecular weight is 432 g/mol. The summed E-state index contributed by atoms with van der Waals surface area (Å²) < 4.78 is 10.7. The second-order valence-electron chi connectivity index (χ2n) is 8.56. The molecule has 31 heavy (non-hydrogen) atoms. The summed E-state index contributed by atoms with van der Waals surface area (Å²) in [7, 11) is 3.28. The van der Waals surface area contributed by atoms with E-state index in [1.807, 2.05) is 18.2 Å². The van der Waals surface area contributed by atoms with Crippen molar-refractivity contribution in [2.45, 2.75) is 84.3 Å². The van der Waals surface area contributed by atoms with Crippen LogP contribution in [-0.4, -0.2) is 38.3 Å². The van der Waals surface area contributed by atoms with Gasteiger partial charge in [-0.05, 0) is 38.0 Å². The lowest BCUT2D eigenvalue weighted by atomic mass is 10.1. The van der Waals surface area contributed by atoms with E-state index >= 15 is 0 Å². The molecule has 0 radical (unpaired) electrons. The number of hydrogen-bond acceptors (Lipinski definition) is 4. The van der Waals surface area contributed by atoms with E-state index in [0.29, 0.717) is 24.0 Å². The monoisotopic (exact) mass is 431 g/mol. The molecule has 0 spiro atoms. The van der Waals surface area contributed by atoms with Crippen LogP contribution in [-0.2, 0) is 6.54 Å². The summed E-state index contributed by atoms with van der Waals surface area (Å²) in [4.78, 5) is 9.42. The zero-order chi connectivity index (χ0) is 22.5. The smallest absolute Gasteiger partial charge is 0.200 e. The molecule has 0 saturated carbocycles. The number of hydrogen-bond donors (Lipinski definition) is 3. The summed E-state index contributed by atoms with van der Waals surface area (Å²) >= 11 is 0. The first-order valence-corrected chi connectivity index (χ1v) is 11.6. The van der Waals surface area contributed by atoms with Gasteiger partial charge in [-0.25, -0.2) is 4.99 Å². The second kappa shape index (κ2) is 13.1. The molecule has 1 fully saturated rings. The van der Waals surface area contributed by atoms with Crippen LogP contribution in [0.2, 0.25) is 0 Å². The highest BCUT2D eigenvalue weighted by Gasteiger charge is 2.26. The summed E-state index contributed by atoms with van der Waals surface area (Å²) in [6.45, 7) is 7.76. The number of aliphatic imine (C=N–C) groups is 2. The van der Waals surface area contributed by atoms with Crippen LogP contribution >= 0.6 is 0 Å². The highest BCUT2D eigenvalue weighted by Crippen LogP contribution is 2.27. The van der Waals surface area contributed by atoms with Gasteiger partial charge in [-0.15, -0.1) is 0 Å². The lowest BCUT2D eigenvalue weighted by Crippen LogP contribution is -2.68. The third kappa shape index (κ3) is 9.07. The minimum atomic E-state index is -0.320. The third-order valence-electron chi connectivity index (χ3n) is 5.25. The fourth-order valence-electron chi connectivity index (χ4n) is 3.54. The summed E-state index contributed by atoms with van der Waals surface area (Å²) in [6, 6.07) is 5.85. The van der Waals surface area contributed by atoms with Gasteiger partial charge in [0.1, 0.15) is 5.66 Å². The normalized spacial score (nSPS) is 17.7. The van der Waals surface area contributed by atoms with Crippen molar-refractivity contribution in [1.29, 1.82) is 0 Å². The van der Waals surface area contributed by atoms with E-state index in [0.717, 1.165) is 24.5 Å². The minimum absolute atomic E-state index is 0.320. The van der Waals surface area contributed by atoms with E-state index in [4.69, 9.17) is 19.5 Å². The molecule has 1 saturated heterocycles. The largest absolute Gasteiger partial charge is 0.493 e. The predicted molar refractivity (Wildman–Crippen MR) is 129 cm³/mol. The average Bonchev–Trinajstić information content (AvgIpc) is 2.75. The van der Waals surface area contributed by atoms with Crippen molar-refractivity contribution in [1.82, 2.24) is 16.0 Å². The van der Waals surface area contributed by atoms with Crippen molar-refractivity contribution in [3.05, 3.63) is 23.8 Å². The van der Waals surface area contributed by atoms with E-state index in [-0.39, 0.29) is 5.66 Å². The molecule has 7 heteroatoms. The molecule has 1 heterocycles. The quantitative estimate of drug-likeness (QED) is 0.399. The van der Waals surface area contributed by atoms with Gasteiger partial charge >= 0.3 is 0 Å². The van der Waals surface area contributed by atoms with E-state index in [9.17, 15) is 0 Å². The molecule has 7 nitrogen and oxygen atoms in total. The molecular weight excluding hydrogens is 390 g/mol. The van der Waals surface area contributed by atoms with E-state index in [1.54, 1.807) is 14.2 Å². The van der Waals surface area contributed by atoms with Crippen LogP contribution < -0.4 is 25.4 Å². The van der Waals surface area contributed by atoms with Gasteiger partial charge in [0.05, 0.1) is 20.8 Å². The van der Waals surface area contributed by atoms with Crippen LogP contribution in [0.25, 0.3) is 0 Å². The molecule has 1 aliphatic heterocycles. The highest BCUT2D eigenvalue weighted by molar-refractivity contribution is 6.01. The summed E-state index contributed by atoms with van der Waals surface area (Å²) in [5.74, 6) is 2.92. The Balaban J connectivity index is 1.84. The van der Waals surface area contributed by atoms with Crippen molar-refractivity contribution in [3.63, 3.8) is 0 Å². The zero-order valence-corrected chi connectivity index (χ0v) is 20.0. The zero-order valence-electron chi connectivity index (χ0n) is 20.0. The van der Waals surface area contributed by atoms with E-state index in [2.05, 4.69) is 36.7 Å². The van der Waals surface area contributed by atoms with Crippen molar-refractivity contribution in [2.75, 3.05) is 20.8 Å². The molecule has 0 atom stereocenters. The van der Waals surface area contributed by atoms with Crippen LogP contribution in [0.1, 0.15) is 77.7 Å². The standard InChI is InChI=1S/C24H41N5O2/c1-6-7-8-9-10-11-12-13-16-25-22-27-23(29-24(2,3)28-22)26-18-19-14-15-20(30-4)21(17-19)31-5/h14-15,17H,6-13,16,18H2,1-5H3,(H3,25,26,27,28,29). The Bertz CT molecular complexity index is 731. The molecular formula is C24H41N5O2. The van der Waals surface area contributed by atoms with Crippen LogP contribution in [0.3, 0.4) is 0 Å². The number of guanidine groups is 2. The van der Waals surface area contributed by atoms with E-state index in [1.165, 1.54) is 44.9 Å². The number of unbranched alkanes of at least 4 members (excludes halogenated alkanes) is 7. The SMILES string of the molecule is CCCCCCCCCCN=C1NC(=NCc2ccc(OC)c(OC)c2)NC(C)(C)N1. The molecule has 3 N–H and O–H groups in total. The molecule has 1 aromatic carbocycles. The molecule has 0 unspecified atom stereocenters. The molecule has 0 aliphatic carbocycles. The maximum absolute atomic E-state index is 5.38. The molecule has 0 aromatic heterocycles. The van der Waals surface area contributed by atoms with Crippen LogP contribution in [0.15, 0.2) is 28.2 Å². The van der Waals surface area contributed by atoms with Crippen molar-refractivity contribution in [2.24, 2.45) is 9.98 Å². The fourth-order valence-corrected chi connectivity index (χ4v) is 3.54. The fraction of sp³-hybridized carbons (Fsp3) is 0.667. The third-order valence-corrected chi connectivity index (χ3v) is 5.25. The molecule has 2 rings (SSSR count). The second-order valence-corrected chi connectivity index (χ2v) is 8.56. The van der Waals surface area contributed by atoms with Crippen molar-refractivity contribution < 1.29 is 9.47 Å². The van der Waals surface area contributed by atoms with Gasteiger partial charge < -0.3 is 20.1 Å². The Hall–Kier alpha value is -2.44. The van der Waals surface area contributed by atoms with Gasteiger partial charge in [-0.1, -0.05) is 57.9 Å². The van der Waals surface area contributed by atoms with Crippen LogP contribution in [0.5, 0.6) is 11.5 Å². The van der Waals surface area contributed by atoms with Gasteiger partial charge in [-0.3, -0.25) is 10.3 Å². The van der Waals surface area contributed by atoms with Gasteiger partial charge in [0, 0.05) is 6.54 Å². The number of rotatable bonds is 13. The summed E-state index contributed by atoms with van der Waals surface area (Å²) in [6.07, 6.45) is 10.4. The first-order valence-electron chi connectivity index (χ1n) is 11.6. The number of benzene rings is 1.